The van der Waals surface area contributed by atoms with E-state index in [1.54, 1.807) is 0 Å². The number of anilines is 3. The first-order valence-corrected chi connectivity index (χ1v) is 10.1. The predicted octanol–water partition coefficient (Wildman–Crippen LogP) is 4.49. The summed E-state index contributed by atoms with van der Waals surface area (Å²) in [6, 6.07) is 22.5. The van der Waals surface area contributed by atoms with Crippen molar-refractivity contribution in [3.63, 3.8) is 0 Å². The Morgan fingerprint density at radius 3 is 1.73 bits per heavy atom. The SMILES string of the molecule is Cc1cc(N)ccc1C(c1ccc(N)cc1)(c1ccc(N)cc1)C1C=CC(N)=CC1. The highest BCUT2D eigenvalue weighted by Gasteiger charge is 2.43. The summed E-state index contributed by atoms with van der Waals surface area (Å²) in [6.07, 6.45) is 7.14. The number of aryl methyl sites for hydroxylation is 1. The van der Waals surface area contributed by atoms with E-state index in [2.05, 4.69) is 49.4 Å². The topological polar surface area (TPSA) is 104 Å². The molecule has 0 amide bonds. The van der Waals surface area contributed by atoms with Gasteiger partial charge in [0.2, 0.25) is 0 Å². The molecule has 0 radical (unpaired) electrons. The molecule has 1 aliphatic rings. The third kappa shape index (κ3) is 3.30. The zero-order valence-electron chi connectivity index (χ0n) is 17.2. The van der Waals surface area contributed by atoms with Crippen LogP contribution >= 0.6 is 0 Å². The van der Waals surface area contributed by atoms with E-state index in [1.165, 1.54) is 5.56 Å². The second-order valence-electron chi connectivity index (χ2n) is 8.03. The molecule has 0 aromatic heterocycles. The monoisotopic (exact) mass is 396 g/mol. The van der Waals surface area contributed by atoms with Crippen molar-refractivity contribution in [1.82, 2.24) is 0 Å². The van der Waals surface area contributed by atoms with Crippen molar-refractivity contribution in [3.05, 3.63) is 113 Å². The van der Waals surface area contributed by atoms with Gasteiger partial charge in [0, 0.05) is 22.8 Å². The van der Waals surface area contributed by atoms with Crippen molar-refractivity contribution >= 4 is 17.1 Å². The normalized spacial score (nSPS) is 16.3. The molecule has 0 heterocycles. The fourth-order valence-corrected chi connectivity index (χ4v) is 4.68. The number of nitrogens with two attached hydrogens (primary N) is 4. The summed E-state index contributed by atoms with van der Waals surface area (Å²) >= 11 is 0. The second-order valence-corrected chi connectivity index (χ2v) is 8.03. The lowest BCUT2D eigenvalue weighted by Crippen LogP contribution is -2.38. The van der Waals surface area contributed by atoms with Crippen LogP contribution in [0, 0.1) is 12.8 Å². The fourth-order valence-electron chi connectivity index (χ4n) is 4.68. The molecule has 8 N–H and O–H groups in total. The van der Waals surface area contributed by atoms with E-state index in [9.17, 15) is 0 Å². The smallest absolute Gasteiger partial charge is 0.0519 e. The first-order valence-electron chi connectivity index (χ1n) is 10.1. The summed E-state index contributed by atoms with van der Waals surface area (Å²) in [7, 11) is 0. The molecule has 3 aromatic carbocycles. The fraction of sp³-hybridized carbons (Fsp3) is 0.154. The van der Waals surface area contributed by atoms with Gasteiger partial charge < -0.3 is 22.9 Å². The number of hydrogen-bond donors (Lipinski definition) is 4. The van der Waals surface area contributed by atoms with Gasteiger partial charge in [-0.3, -0.25) is 0 Å². The Bertz CT molecular complexity index is 1060. The molecule has 4 rings (SSSR count). The average Bonchev–Trinajstić information content (AvgIpc) is 2.73. The average molecular weight is 397 g/mol. The lowest BCUT2D eigenvalue weighted by atomic mass is 9.59. The molecule has 1 unspecified atom stereocenters. The van der Waals surface area contributed by atoms with E-state index in [0.717, 1.165) is 45.9 Å². The standard InChI is InChI=1S/C26H28N4/c1-17-16-24(30)14-15-25(17)26(18-2-8-21(27)9-3-18,19-4-10-22(28)11-5-19)20-6-12-23(29)13-7-20/h2-6,8-16,20H,7,27-30H2,1H3. The van der Waals surface area contributed by atoms with Crippen LogP contribution in [0.1, 0.15) is 28.7 Å². The third-order valence-corrected chi connectivity index (χ3v) is 6.09. The van der Waals surface area contributed by atoms with Crippen LogP contribution in [0.5, 0.6) is 0 Å². The van der Waals surface area contributed by atoms with E-state index in [-0.39, 0.29) is 5.92 Å². The first kappa shape index (κ1) is 19.6. The number of benzene rings is 3. The number of nitrogen functional groups attached to an aromatic ring is 3. The molecule has 1 aliphatic carbocycles. The Hall–Kier alpha value is -3.66. The third-order valence-electron chi connectivity index (χ3n) is 6.09. The number of allylic oxidation sites excluding steroid dienone is 3. The van der Waals surface area contributed by atoms with Gasteiger partial charge >= 0.3 is 0 Å². The molecule has 3 aromatic rings. The molecule has 0 saturated heterocycles. The van der Waals surface area contributed by atoms with Crippen LogP contribution in [0.2, 0.25) is 0 Å². The molecule has 0 saturated carbocycles. The summed E-state index contributed by atoms with van der Waals surface area (Å²) in [5, 5.41) is 0. The quantitative estimate of drug-likeness (QED) is 0.385. The van der Waals surface area contributed by atoms with Crippen LogP contribution in [0.3, 0.4) is 0 Å². The Morgan fingerprint density at radius 2 is 1.27 bits per heavy atom. The zero-order valence-corrected chi connectivity index (χ0v) is 17.2. The van der Waals surface area contributed by atoms with Gasteiger partial charge in [-0.05, 0) is 84.0 Å². The number of rotatable bonds is 4. The van der Waals surface area contributed by atoms with Crippen LogP contribution in [0.4, 0.5) is 17.1 Å². The maximum Gasteiger partial charge on any atom is 0.0519 e. The van der Waals surface area contributed by atoms with Gasteiger partial charge in [-0.2, -0.15) is 0 Å². The predicted molar refractivity (Wildman–Crippen MR) is 127 cm³/mol. The first-order chi connectivity index (χ1) is 14.4. The molecule has 0 spiro atoms. The molecule has 0 aliphatic heterocycles. The van der Waals surface area contributed by atoms with Crippen molar-refractivity contribution in [2.24, 2.45) is 11.7 Å². The van der Waals surface area contributed by atoms with Crippen molar-refractivity contribution in [2.45, 2.75) is 18.8 Å². The van der Waals surface area contributed by atoms with E-state index in [4.69, 9.17) is 22.9 Å². The summed E-state index contributed by atoms with van der Waals surface area (Å²) in [4.78, 5) is 0. The van der Waals surface area contributed by atoms with E-state index in [0.29, 0.717) is 0 Å². The molecule has 1 atom stereocenters. The van der Waals surface area contributed by atoms with Gasteiger partial charge in [0.1, 0.15) is 0 Å². The van der Waals surface area contributed by atoms with Crippen molar-refractivity contribution < 1.29 is 0 Å². The van der Waals surface area contributed by atoms with E-state index < -0.39 is 5.41 Å². The van der Waals surface area contributed by atoms with Crippen LogP contribution in [0.25, 0.3) is 0 Å². The van der Waals surface area contributed by atoms with Gasteiger partial charge in [-0.25, -0.2) is 0 Å². The minimum Gasteiger partial charge on any atom is -0.399 e. The molecule has 4 heteroatoms. The van der Waals surface area contributed by atoms with Crippen molar-refractivity contribution in [1.29, 1.82) is 0 Å². The molecule has 4 nitrogen and oxygen atoms in total. The second kappa shape index (κ2) is 7.64. The van der Waals surface area contributed by atoms with Crippen molar-refractivity contribution in [2.75, 3.05) is 17.2 Å². The van der Waals surface area contributed by atoms with E-state index >= 15 is 0 Å². The van der Waals surface area contributed by atoms with Crippen molar-refractivity contribution in [3.8, 4) is 0 Å². The maximum atomic E-state index is 6.11. The van der Waals surface area contributed by atoms with Crippen LogP contribution < -0.4 is 22.9 Å². The lowest BCUT2D eigenvalue weighted by molar-refractivity contribution is 0.445. The Morgan fingerprint density at radius 1 is 0.733 bits per heavy atom. The van der Waals surface area contributed by atoms with Gasteiger partial charge in [0.05, 0.1) is 5.41 Å². The number of hydrogen-bond acceptors (Lipinski definition) is 4. The van der Waals surface area contributed by atoms with Gasteiger partial charge in [0.15, 0.2) is 0 Å². The molecule has 0 fully saturated rings. The van der Waals surface area contributed by atoms with Crippen LogP contribution in [-0.4, -0.2) is 0 Å². The summed E-state index contributed by atoms with van der Waals surface area (Å²) in [5.41, 5.74) is 31.5. The summed E-state index contributed by atoms with van der Waals surface area (Å²) < 4.78 is 0. The van der Waals surface area contributed by atoms with E-state index in [1.807, 2.05) is 42.5 Å². The Balaban J connectivity index is 2.08. The van der Waals surface area contributed by atoms with Gasteiger partial charge in [0.25, 0.3) is 0 Å². The minimum atomic E-state index is -0.452. The lowest BCUT2D eigenvalue weighted by Gasteiger charge is -2.43. The Labute approximate surface area is 177 Å². The highest BCUT2D eigenvalue weighted by atomic mass is 14.6. The molecule has 30 heavy (non-hydrogen) atoms. The largest absolute Gasteiger partial charge is 0.399 e. The highest BCUT2D eigenvalue weighted by molar-refractivity contribution is 5.60. The molecular formula is C26H28N4. The Kier molecular flexibility index (Phi) is 5.00. The molecule has 152 valence electrons. The van der Waals surface area contributed by atoms with Gasteiger partial charge in [-0.1, -0.05) is 42.5 Å². The summed E-state index contributed by atoms with van der Waals surface area (Å²) in [6.45, 7) is 2.12. The van der Waals surface area contributed by atoms with Crippen LogP contribution in [-0.2, 0) is 5.41 Å². The minimum absolute atomic E-state index is 0.152. The maximum absolute atomic E-state index is 6.11. The molecular weight excluding hydrogens is 368 g/mol. The van der Waals surface area contributed by atoms with Gasteiger partial charge in [-0.15, -0.1) is 0 Å². The zero-order chi connectivity index (χ0) is 21.3. The molecule has 0 bridgehead atoms. The summed E-state index contributed by atoms with van der Waals surface area (Å²) in [5.74, 6) is 0.152. The highest BCUT2D eigenvalue weighted by Crippen LogP contribution is 2.49. The van der Waals surface area contributed by atoms with Crippen LogP contribution in [0.15, 0.2) is 90.7 Å².